The third kappa shape index (κ3) is 6.19. The SMILES string of the molecule is O=COc1ccccc1C(=O)Cc1ccccc1SCCS(=O)(=O)c1ccc(Cl)cc1. The molecule has 0 saturated heterocycles. The van der Waals surface area contributed by atoms with E-state index in [1.54, 1.807) is 36.4 Å². The van der Waals surface area contributed by atoms with Gasteiger partial charge in [0, 0.05) is 22.1 Å². The molecule has 0 atom stereocenters. The molecule has 0 heterocycles. The van der Waals surface area contributed by atoms with Gasteiger partial charge < -0.3 is 4.74 Å². The smallest absolute Gasteiger partial charge is 0.298 e. The van der Waals surface area contributed by atoms with Gasteiger partial charge in [-0.3, -0.25) is 9.59 Å². The summed E-state index contributed by atoms with van der Waals surface area (Å²) in [7, 11) is -3.43. The molecule has 160 valence electrons. The molecule has 3 rings (SSSR count). The topological polar surface area (TPSA) is 77.5 Å². The molecule has 0 bridgehead atoms. The third-order valence-corrected chi connectivity index (χ3v) is 7.83. The van der Waals surface area contributed by atoms with Crippen molar-refractivity contribution in [3.05, 3.63) is 88.9 Å². The number of hydrogen-bond acceptors (Lipinski definition) is 6. The molecule has 8 heteroatoms. The fourth-order valence-corrected chi connectivity index (χ4v) is 5.78. The summed E-state index contributed by atoms with van der Waals surface area (Å²) < 4.78 is 30.0. The van der Waals surface area contributed by atoms with E-state index in [4.69, 9.17) is 16.3 Å². The lowest BCUT2D eigenvalue weighted by Gasteiger charge is -2.11. The van der Waals surface area contributed by atoms with E-state index in [1.807, 2.05) is 24.3 Å². The van der Waals surface area contributed by atoms with Gasteiger partial charge in [-0.1, -0.05) is 41.9 Å². The number of thioether (sulfide) groups is 1. The summed E-state index contributed by atoms with van der Waals surface area (Å²) in [4.78, 5) is 24.5. The van der Waals surface area contributed by atoms with E-state index in [0.717, 1.165) is 10.5 Å². The van der Waals surface area contributed by atoms with Crippen LogP contribution in [0.5, 0.6) is 5.75 Å². The van der Waals surface area contributed by atoms with Gasteiger partial charge in [0.15, 0.2) is 15.6 Å². The predicted molar refractivity (Wildman–Crippen MR) is 122 cm³/mol. The van der Waals surface area contributed by atoms with Crippen molar-refractivity contribution >= 4 is 45.5 Å². The fourth-order valence-electron chi connectivity index (χ4n) is 2.93. The van der Waals surface area contributed by atoms with Crippen molar-refractivity contribution in [2.75, 3.05) is 11.5 Å². The molecule has 3 aromatic carbocycles. The monoisotopic (exact) mass is 474 g/mol. The molecule has 31 heavy (non-hydrogen) atoms. The maximum absolute atomic E-state index is 12.8. The van der Waals surface area contributed by atoms with Gasteiger partial charge in [-0.2, -0.15) is 0 Å². The molecule has 0 radical (unpaired) electrons. The highest BCUT2D eigenvalue weighted by molar-refractivity contribution is 8.00. The maximum Gasteiger partial charge on any atom is 0.298 e. The van der Waals surface area contributed by atoms with Crippen molar-refractivity contribution in [2.24, 2.45) is 0 Å². The normalized spacial score (nSPS) is 11.1. The Morgan fingerprint density at radius 2 is 1.65 bits per heavy atom. The molecule has 0 spiro atoms. The van der Waals surface area contributed by atoms with Gasteiger partial charge in [-0.05, 0) is 48.0 Å². The van der Waals surface area contributed by atoms with Crippen LogP contribution in [0.3, 0.4) is 0 Å². The number of para-hydroxylation sites is 1. The molecule has 3 aromatic rings. The molecule has 0 unspecified atom stereocenters. The summed E-state index contributed by atoms with van der Waals surface area (Å²) in [5.74, 6) is 0.305. The Morgan fingerprint density at radius 3 is 2.39 bits per heavy atom. The average Bonchev–Trinajstić information content (AvgIpc) is 2.76. The van der Waals surface area contributed by atoms with Crippen molar-refractivity contribution in [1.29, 1.82) is 0 Å². The molecule has 5 nitrogen and oxygen atoms in total. The third-order valence-electron chi connectivity index (χ3n) is 4.47. The number of halogens is 1. The van der Waals surface area contributed by atoms with Crippen molar-refractivity contribution in [1.82, 2.24) is 0 Å². The van der Waals surface area contributed by atoms with Gasteiger partial charge in [0.1, 0.15) is 5.75 Å². The molecule has 0 aliphatic heterocycles. The van der Waals surface area contributed by atoms with Crippen molar-refractivity contribution in [2.45, 2.75) is 16.2 Å². The van der Waals surface area contributed by atoms with Crippen LogP contribution >= 0.6 is 23.4 Å². The first-order valence-electron chi connectivity index (χ1n) is 9.32. The number of sulfone groups is 1. The summed E-state index contributed by atoms with van der Waals surface area (Å²) in [5, 5.41) is 0.479. The van der Waals surface area contributed by atoms with Crippen LogP contribution in [-0.4, -0.2) is 32.2 Å². The van der Waals surface area contributed by atoms with Gasteiger partial charge in [-0.15, -0.1) is 11.8 Å². The first kappa shape index (κ1) is 23.1. The molecule has 0 amide bonds. The Kier molecular flexibility index (Phi) is 7.90. The predicted octanol–water partition coefficient (Wildman–Crippen LogP) is 4.87. The minimum atomic E-state index is -3.43. The van der Waals surface area contributed by atoms with E-state index in [2.05, 4.69) is 0 Å². The van der Waals surface area contributed by atoms with E-state index in [1.165, 1.54) is 23.9 Å². The second-order valence-corrected chi connectivity index (χ2v) is 10.2. The first-order chi connectivity index (χ1) is 14.9. The minimum Gasteiger partial charge on any atom is -0.428 e. The molecule has 0 saturated carbocycles. The number of hydrogen-bond donors (Lipinski definition) is 0. The van der Waals surface area contributed by atoms with Crippen LogP contribution in [-0.2, 0) is 21.1 Å². The van der Waals surface area contributed by atoms with Crippen molar-refractivity contribution in [3.8, 4) is 5.75 Å². The average molecular weight is 475 g/mol. The molecular formula is C23H19ClO5S2. The number of benzene rings is 3. The van der Waals surface area contributed by atoms with Crippen molar-refractivity contribution < 1.29 is 22.7 Å². The Balaban J connectivity index is 1.69. The van der Waals surface area contributed by atoms with Crippen LogP contribution in [0, 0.1) is 0 Å². The lowest BCUT2D eigenvalue weighted by Crippen LogP contribution is -2.10. The minimum absolute atomic E-state index is 0.0441. The highest BCUT2D eigenvalue weighted by Crippen LogP contribution is 2.27. The standard InChI is InChI=1S/C23H19ClO5S2/c24-18-9-11-19(12-10-18)31(27,28)14-13-30-23-8-4-1-5-17(23)15-21(26)20-6-2-3-7-22(20)29-16-25/h1-12,16H,13-15H2. The lowest BCUT2D eigenvalue weighted by molar-refractivity contribution is -0.120. The second-order valence-electron chi connectivity index (χ2n) is 6.54. The Hall–Kier alpha value is -2.61. The summed E-state index contributed by atoms with van der Waals surface area (Å²) in [6, 6.07) is 20.0. The molecule has 0 N–H and O–H groups in total. The summed E-state index contributed by atoms with van der Waals surface area (Å²) in [5.41, 5.74) is 1.10. The van der Waals surface area contributed by atoms with Crippen LogP contribution in [0.4, 0.5) is 0 Å². The van der Waals surface area contributed by atoms with Crippen LogP contribution in [0.25, 0.3) is 0 Å². The Bertz CT molecular complexity index is 1170. The van der Waals surface area contributed by atoms with Gasteiger partial charge in [-0.25, -0.2) is 8.42 Å². The number of carbonyl (C=O) groups is 2. The second kappa shape index (κ2) is 10.6. The van der Waals surface area contributed by atoms with Crippen molar-refractivity contribution in [3.63, 3.8) is 0 Å². The first-order valence-corrected chi connectivity index (χ1v) is 12.3. The highest BCUT2D eigenvalue weighted by atomic mass is 35.5. The van der Waals surface area contributed by atoms with E-state index in [-0.39, 0.29) is 35.1 Å². The number of rotatable bonds is 10. The Morgan fingerprint density at radius 1 is 0.968 bits per heavy atom. The fraction of sp³-hybridized carbons (Fsp3) is 0.130. The van der Waals surface area contributed by atoms with Crippen LogP contribution in [0.15, 0.2) is 82.6 Å². The number of ether oxygens (including phenoxy) is 1. The summed E-state index contributed by atoms with van der Waals surface area (Å²) in [6.45, 7) is 0.289. The van der Waals surface area contributed by atoms with Gasteiger partial charge >= 0.3 is 0 Å². The molecular weight excluding hydrogens is 456 g/mol. The maximum atomic E-state index is 12.8. The quantitative estimate of drug-likeness (QED) is 0.237. The van der Waals surface area contributed by atoms with Crippen LogP contribution in [0.1, 0.15) is 15.9 Å². The summed E-state index contributed by atoms with van der Waals surface area (Å²) >= 11 is 7.20. The molecule has 0 aromatic heterocycles. The van der Waals surface area contributed by atoms with E-state index >= 15 is 0 Å². The Labute approximate surface area is 190 Å². The molecule has 0 aliphatic rings. The van der Waals surface area contributed by atoms with Crippen LogP contribution in [0.2, 0.25) is 5.02 Å². The molecule has 0 fully saturated rings. The van der Waals surface area contributed by atoms with E-state index in [0.29, 0.717) is 16.3 Å². The number of carbonyl (C=O) groups excluding carboxylic acids is 2. The van der Waals surface area contributed by atoms with Gasteiger partial charge in [0.25, 0.3) is 6.47 Å². The lowest BCUT2D eigenvalue weighted by atomic mass is 10.0. The van der Waals surface area contributed by atoms with Gasteiger partial charge in [0.2, 0.25) is 0 Å². The van der Waals surface area contributed by atoms with E-state index < -0.39 is 9.84 Å². The zero-order chi connectivity index (χ0) is 22.3. The largest absolute Gasteiger partial charge is 0.428 e. The zero-order valence-electron chi connectivity index (χ0n) is 16.4. The number of Topliss-reactive ketones (excluding diaryl/α,β-unsaturated/α-hetero) is 1. The highest BCUT2D eigenvalue weighted by Gasteiger charge is 2.17. The number of ketones is 1. The summed E-state index contributed by atoms with van der Waals surface area (Å²) in [6.07, 6.45) is 0.104. The van der Waals surface area contributed by atoms with Crippen LogP contribution < -0.4 is 4.74 Å². The molecule has 0 aliphatic carbocycles. The van der Waals surface area contributed by atoms with E-state index in [9.17, 15) is 18.0 Å². The van der Waals surface area contributed by atoms with Gasteiger partial charge in [0.05, 0.1) is 16.2 Å². The zero-order valence-corrected chi connectivity index (χ0v) is 18.8.